The molecule has 242 valence electrons. The summed E-state index contributed by atoms with van der Waals surface area (Å²) in [5, 5.41) is 4.96. The second-order valence-corrected chi connectivity index (χ2v) is 14.7. The Morgan fingerprint density at radius 2 is 1.76 bits per heavy atom. The third-order valence-electron chi connectivity index (χ3n) is 10.1. The summed E-state index contributed by atoms with van der Waals surface area (Å²) in [5.74, 6) is 1.29. The molecule has 4 fully saturated rings. The van der Waals surface area contributed by atoms with Crippen LogP contribution >= 0.6 is 0 Å². The molecular weight excluding hydrogens is 574 g/mol. The van der Waals surface area contributed by atoms with Crippen molar-refractivity contribution in [1.29, 1.82) is 0 Å². The maximum absolute atomic E-state index is 13.7. The van der Waals surface area contributed by atoms with E-state index in [0.29, 0.717) is 58.1 Å². The van der Waals surface area contributed by atoms with Crippen LogP contribution in [0, 0.1) is 12.8 Å². The van der Waals surface area contributed by atoms with Gasteiger partial charge in [-0.15, -0.1) is 0 Å². The molecule has 1 unspecified atom stereocenters. The highest BCUT2D eigenvalue weighted by atomic mass is 16.6. The van der Waals surface area contributed by atoms with Gasteiger partial charge in [0.05, 0.1) is 12.1 Å². The van der Waals surface area contributed by atoms with E-state index < -0.39 is 11.2 Å². The summed E-state index contributed by atoms with van der Waals surface area (Å²) >= 11 is 0. The van der Waals surface area contributed by atoms with E-state index in [1.807, 2.05) is 61.9 Å². The number of carbonyl (C=O) groups is 3. The molecule has 2 aromatic rings. The molecular formula is C34H45N5O6. The van der Waals surface area contributed by atoms with Crippen LogP contribution in [0.4, 0.5) is 9.59 Å². The van der Waals surface area contributed by atoms with Gasteiger partial charge in [-0.3, -0.25) is 9.48 Å². The molecule has 1 saturated carbocycles. The maximum atomic E-state index is 13.7. The van der Waals surface area contributed by atoms with Crippen LogP contribution in [0.3, 0.4) is 0 Å². The lowest BCUT2D eigenvalue weighted by Gasteiger charge is -2.43. The van der Waals surface area contributed by atoms with Gasteiger partial charge in [0, 0.05) is 62.9 Å². The number of fused-ring (bicyclic) bond motifs is 4. The van der Waals surface area contributed by atoms with Crippen LogP contribution in [0.2, 0.25) is 0 Å². The molecule has 3 saturated heterocycles. The number of benzene rings is 1. The van der Waals surface area contributed by atoms with Crippen LogP contribution in [0.25, 0.3) is 11.3 Å². The summed E-state index contributed by atoms with van der Waals surface area (Å²) < 4.78 is 19.8. The van der Waals surface area contributed by atoms with Gasteiger partial charge in [-0.1, -0.05) is 6.07 Å². The van der Waals surface area contributed by atoms with E-state index in [4.69, 9.17) is 19.3 Å². The van der Waals surface area contributed by atoms with Gasteiger partial charge in [-0.05, 0) is 83.4 Å². The van der Waals surface area contributed by atoms with Crippen LogP contribution in [0.5, 0.6) is 5.75 Å². The number of ether oxygens (including phenoxy) is 3. The number of likely N-dealkylation sites (tertiary alicyclic amines) is 3. The minimum Gasteiger partial charge on any atom is -0.482 e. The van der Waals surface area contributed by atoms with Crippen molar-refractivity contribution < 1.29 is 28.6 Å². The molecule has 1 aromatic heterocycles. The minimum absolute atomic E-state index is 0.0184. The third kappa shape index (κ3) is 5.74. The number of hydrogen-bond donors (Lipinski definition) is 0. The van der Waals surface area contributed by atoms with Crippen molar-refractivity contribution in [2.45, 2.75) is 95.9 Å². The van der Waals surface area contributed by atoms with E-state index in [0.717, 1.165) is 60.2 Å². The van der Waals surface area contributed by atoms with Crippen molar-refractivity contribution in [2.24, 2.45) is 5.92 Å². The quantitative estimate of drug-likeness (QED) is 0.469. The van der Waals surface area contributed by atoms with Crippen LogP contribution < -0.4 is 4.74 Å². The molecule has 1 atom stereocenters. The standard InChI is InChI=1S/C34H45N5O6/c1-23-6-9-25-27(18-23)44-34(12-16-36(17-13-34)30(41)43-21-24-7-8-24)26-19-38(35-29(25)26)20-28(40)37-15-11-33(22-37)10-5-14-39(33)31(42)45-32(2,3)4/h6,9,18-19,24H,5,7-8,10-17,20-22H2,1-4H3. The number of hydrogen-bond acceptors (Lipinski definition) is 7. The molecule has 11 nitrogen and oxygen atoms in total. The van der Waals surface area contributed by atoms with Crippen molar-refractivity contribution in [3.63, 3.8) is 0 Å². The van der Waals surface area contributed by atoms with Crippen LogP contribution in [0.1, 0.15) is 76.8 Å². The first-order chi connectivity index (χ1) is 21.4. The van der Waals surface area contributed by atoms with Crippen LogP contribution in [0.15, 0.2) is 24.4 Å². The van der Waals surface area contributed by atoms with Gasteiger partial charge in [-0.2, -0.15) is 5.10 Å². The molecule has 1 aliphatic carbocycles. The Hall–Kier alpha value is -3.76. The molecule has 1 aromatic carbocycles. The monoisotopic (exact) mass is 619 g/mol. The molecule has 0 radical (unpaired) electrons. The fourth-order valence-corrected chi connectivity index (χ4v) is 7.47. The average Bonchev–Trinajstić information content (AvgIpc) is 3.34. The van der Waals surface area contributed by atoms with Gasteiger partial charge in [0.15, 0.2) is 0 Å². The van der Waals surface area contributed by atoms with Gasteiger partial charge in [0.25, 0.3) is 0 Å². The third-order valence-corrected chi connectivity index (χ3v) is 10.1. The van der Waals surface area contributed by atoms with Gasteiger partial charge >= 0.3 is 12.2 Å². The van der Waals surface area contributed by atoms with E-state index in [2.05, 4.69) is 0 Å². The summed E-state index contributed by atoms with van der Waals surface area (Å²) in [6, 6.07) is 6.13. The number of aryl methyl sites for hydroxylation is 1. The molecule has 45 heavy (non-hydrogen) atoms. The highest BCUT2D eigenvalue weighted by molar-refractivity contribution is 5.78. The zero-order chi connectivity index (χ0) is 31.6. The van der Waals surface area contributed by atoms with Crippen molar-refractivity contribution in [3.05, 3.63) is 35.5 Å². The molecule has 3 amide bonds. The smallest absolute Gasteiger partial charge is 0.410 e. The van der Waals surface area contributed by atoms with E-state index >= 15 is 0 Å². The molecule has 7 rings (SSSR count). The second kappa shape index (κ2) is 10.9. The van der Waals surface area contributed by atoms with Crippen molar-refractivity contribution in [2.75, 3.05) is 39.3 Å². The van der Waals surface area contributed by atoms with Gasteiger partial charge < -0.3 is 28.9 Å². The first kappa shape index (κ1) is 29.9. The van der Waals surface area contributed by atoms with Gasteiger partial charge in [0.2, 0.25) is 5.91 Å². The highest BCUT2D eigenvalue weighted by Crippen LogP contribution is 2.49. The SMILES string of the molecule is Cc1ccc2c(c1)OC1(CCN(C(=O)OCC3CC3)CC1)c1cn(CC(=O)N3CCC4(CCCN4C(=O)OC(C)(C)C)C3)nc1-2. The minimum atomic E-state index is -0.639. The average molecular weight is 620 g/mol. The van der Waals surface area contributed by atoms with E-state index in [9.17, 15) is 14.4 Å². The first-order valence-electron chi connectivity index (χ1n) is 16.5. The fraction of sp³-hybridized carbons (Fsp3) is 0.647. The molecule has 4 aliphatic heterocycles. The van der Waals surface area contributed by atoms with E-state index in [-0.39, 0.29) is 30.2 Å². The normalized spacial score (nSPS) is 23.6. The van der Waals surface area contributed by atoms with Crippen LogP contribution in [-0.4, -0.2) is 93.0 Å². The Morgan fingerprint density at radius 1 is 1.00 bits per heavy atom. The predicted molar refractivity (Wildman–Crippen MR) is 166 cm³/mol. The summed E-state index contributed by atoms with van der Waals surface area (Å²) in [6.07, 6.45) is 7.45. The zero-order valence-electron chi connectivity index (χ0n) is 27.0. The summed E-state index contributed by atoms with van der Waals surface area (Å²) in [4.78, 5) is 45.0. The number of aromatic nitrogens is 2. The van der Waals surface area contributed by atoms with Gasteiger partial charge in [0.1, 0.15) is 29.2 Å². The lowest BCUT2D eigenvalue weighted by atomic mass is 9.81. The predicted octanol–water partition coefficient (Wildman–Crippen LogP) is 5.09. The first-order valence-corrected chi connectivity index (χ1v) is 16.5. The highest BCUT2D eigenvalue weighted by Gasteiger charge is 2.51. The van der Waals surface area contributed by atoms with Crippen molar-refractivity contribution in [1.82, 2.24) is 24.5 Å². The molecule has 2 spiro atoms. The molecule has 0 bridgehead atoms. The molecule has 11 heteroatoms. The number of piperidine rings is 1. The summed E-state index contributed by atoms with van der Waals surface area (Å²) in [6.45, 7) is 11.1. The van der Waals surface area contributed by atoms with E-state index in [1.54, 1.807) is 9.58 Å². The van der Waals surface area contributed by atoms with Crippen LogP contribution in [-0.2, 0) is 26.4 Å². The number of rotatable bonds is 4. The Morgan fingerprint density at radius 3 is 2.49 bits per heavy atom. The number of carbonyl (C=O) groups excluding carboxylic acids is 3. The number of amides is 3. The Kier molecular flexibility index (Phi) is 7.28. The molecule has 0 N–H and O–H groups in total. The Labute approximate surface area is 264 Å². The van der Waals surface area contributed by atoms with Crippen molar-refractivity contribution >= 4 is 18.1 Å². The largest absolute Gasteiger partial charge is 0.482 e. The number of nitrogens with zero attached hydrogens (tertiary/aromatic N) is 5. The summed E-state index contributed by atoms with van der Waals surface area (Å²) in [5.41, 5.74) is 2.23. The maximum Gasteiger partial charge on any atom is 0.410 e. The molecule has 5 heterocycles. The van der Waals surface area contributed by atoms with Crippen molar-refractivity contribution in [3.8, 4) is 17.0 Å². The Bertz CT molecular complexity index is 1500. The summed E-state index contributed by atoms with van der Waals surface area (Å²) in [7, 11) is 0. The lowest BCUT2D eigenvalue weighted by Crippen LogP contribution is -2.51. The topological polar surface area (TPSA) is 106 Å². The van der Waals surface area contributed by atoms with Gasteiger partial charge in [-0.25, -0.2) is 9.59 Å². The zero-order valence-corrected chi connectivity index (χ0v) is 27.0. The lowest BCUT2D eigenvalue weighted by molar-refractivity contribution is -0.131. The Balaban J connectivity index is 1.08. The fourth-order valence-electron chi connectivity index (χ4n) is 7.47. The van der Waals surface area contributed by atoms with E-state index in [1.165, 1.54) is 0 Å². The molecule has 5 aliphatic rings. The second-order valence-electron chi connectivity index (χ2n) is 14.7.